The van der Waals surface area contributed by atoms with Gasteiger partial charge in [-0.3, -0.25) is 0 Å². The highest BCUT2D eigenvalue weighted by atomic mass is 32.2. The molecule has 78 valence electrons. The minimum absolute atomic E-state index is 0.204. The average Bonchev–Trinajstić information content (AvgIpc) is 2.73. The van der Waals surface area contributed by atoms with E-state index in [2.05, 4.69) is 6.07 Å². The summed E-state index contributed by atoms with van der Waals surface area (Å²) in [5.74, 6) is 0.535. The molecule has 4 heteroatoms. The largest absolute Gasteiger partial charge is 0.396 e. The van der Waals surface area contributed by atoms with Crippen molar-refractivity contribution >= 4 is 28.8 Å². The first-order chi connectivity index (χ1) is 7.25. The quantitative estimate of drug-likeness (QED) is 0.652. The number of nitrogens with two attached hydrogens (primary N) is 1. The van der Waals surface area contributed by atoms with E-state index in [1.165, 1.54) is 10.9 Å². The summed E-state index contributed by atoms with van der Waals surface area (Å²) >= 11 is 3.33. The predicted molar refractivity (Wildman–Crippen MR) is 64.7 cm³/mol. The molecule has 0 amide bonds. The SMILES string of the molecule is Nc1ccc(SCc2cccs2)cc1F. The van der Waals surface area contributed by atoms with Crippen LogP contribution < -0.4 is 5.73 Å². The van der Waals surface area contributed by atoms with Crippen LogP contribution in [0.4, 0.5) is 10.1 Å². The molecule has 0 fully saturated rings. The summed E-state index contributed by atoms with van der Waals surface area (Å²) in [6, 6.07) is 9.02. The van der Waals surface area contributed by atoms with E-state index in [1.807, 2.05) is 17.5 Å². The van der Waals surface area contributed by atoms with Crippen LogP contribution in [0.2, 0.25) is 0 Å². The van der Waals surface area contributed by atoms with Gasteiger partial charge in [0.05, 0.1) is 5.69 Å². The maximum absolute atomic E-state index is 13.1. The zero-order valence-corrected chi connectivity index (χ0v) is 9.58. The van der Waals surface area contributed by atoms with Crippen LogP contribution in [0.3, 0.4) is 0 Å². The van der Waals surface area contributed by atoms with E-state index in [-0.39, 0.29) is 11.5 Å². The third-order valence-electron chi connectivity index (χ3n) is 1.93. The van der Waals surface area contributed by atoms with Crippen molar-refractivity contribution in [3.63, 3.8) is 0 Å². The van der Waals surface area contributed by atoms with Crippen molar-refractivity contribution in [2.45, 2.75) is 10.6 Å². The van der Waals surface area contributed by atoms with Crippen molar-refractivity contribution in [1.82, 2.24) is 0 Å². The van der Waals surface area contributed by atoms with Crippen molar-refractivity contribution < 1.29 is 4.39 Å². The number of rotatable bonds is 3. The second kappa shape index (κ2) is 4.68. The van der Waals surface area contributed by atoms with E-state index in [0.717, 1.165) is 10.6 Å². The lowest BCUT2D eigenvalue weighted by Crippen LogP contribution is -1.89. The molecule has 0 atom stereocenters. The van der Waals surface area contributed by atoms with Gasteiger partial charge in [0.1, 0.15) is 5.82 Å². The minimum Gasteiger partial charge on any atom is -0.396 e. The Morgan fingerprint density at radius 3 is 2.87 bits per heavy atom. The maximum Gasteiger partial charge on any atom is 0.147 e. The zero-order valence-electron chi connectivity index (χ0n) is 7.94. The molecule has 0 radical (unpaired) electrons. The number of hydrogen-bond acceptors (Lipinski definition) is 3. The second-order valence-electron chi connectivity index (χ2n) is 3.05. The Bertz CT molecular complexity index is 440. The first-order valence-corrected chi connectivity index (χ1v) is 6.32. The maximum atomic E-state index is 13.1. The van der Waals surface area contributed by atoms with Gasteiger partial charge in [0.2, 0.25) is 0 Å². The number of thioether (sulfide) groups is 1. The van der Waals surface area contributed by atoms with Gasteiger partial charge in [0.15, 0.2) is 0 Å². The summed E-state index contributed by atoms with van der Waals surface area (Å²) in [4.78, 5) is 2.20. The van der Waals surface area contributed by atoms with Crippen LogP contribution in [-0.4, -0.2) is 0 Å². The summed E-state index contributed by atoms with van der Waals surface area (Å²) in [7, 11) is 0. The van der Waals surface area contributed by atoms with Crippen molar-refractivity contribution in [3.05, 3.63) is 46.4 Å². The number of thiophene rings is 1. The first-order valence-electron chi connectivity index (χ1n) is 4.46. The van der Waals surface area contributed by atoms with Gasteiger partial charge >= 0.3 is 0 Å². The highest BCUT2D eigenvalue weighted by Gasteiger charge is 2.01. The van der Waals surface area contributed by atoms with Crippen LogP contribution >= 0.6 is 23.1 Å². The molecule has 0 saturated heterocycles. The van der Waals surface area contributed by atoms with Gasteiger partial charge in [-0.05, 0) is 29.6 Å². The van der Waals surface area contributed by atoms with Crippen LogP contribution in [-0.2, 0) is 5.75 Å². The Labute approximate surface area is 96.1 Å². The number of halogens is 1. The van der Waals surface area contributed by atoms with Crippen molar-refractivity contribution in [1.29, 1.82) is 0 Å². The lowest BCUT2D eigenvalue weighted by atomic mass is 10.3. The van der Waals surface area contributed by atoms with Gasteiger partial charge in [-0.2, -0.15) is 0 Å². The van der Waals surface area contributed by atoms with Crippen LogP contribution in [0.15, 0.2) is 40.6 Å². The fraction of sp³-hybridized carbons (Fsp3) is 0.0909. The summed E-state index contributed by atoms with van der Waals surface area (Å²) < 4.78 is 13.1. The van der Waals surface area contributed by atoms with Gasteiger partial charge in [-0.1, -0.05) is 6.07 Å². The molecule has 1 aromatic carbocycles. The molecule has 0 aliphatic heterocycles. The fourth-order valence-corrected chi connectivity index (χ4v) is 2.84. The van der Waals surface area contributed by atoms with Crippen molar-refractivity contribution in [3.8, 4) is 0 Å². The molecule has 0 spiro atoms. The van der Waals surface area contributed by atoms with E-state index in [4.69, 9.17) is 5.73 Å². The normalized spacial score (nSPS) is 10.5. The summed E-state index contributed by atoms with van der Waals surface area (Å²) in [6.45, 7) is 0. The number of benzene rings is 1. The number of anilines is 1. The lowest BCUT2D eigenvalue weighted by Gasteiger charge is -2.01. The Kier molecular flexibility index (Phi) is 3.28. The van der Waals surface area contributed by atoms with E-state index in [0.29, 0.717) is 0 Å². The topological polar surface area (TPSA) is 26.0 Å². The molecule has 1 heterocycles. The first kappa shape index (κ1) is 10.5. The summed E-state index contributed by atoms with van der Waals surface area (Å²) in [5.41, 5.74) is 5.60. The molecule has 0 aliphatic rings. The Morgan fingerprint density at radius 1 is 1.33 bits per heavy atom. The minimum atomic E-state index is -0.342. The summed E-state index contributed by atoms with van der Waals surface area (Å²) in [6.07, 6.45) is 0. The third kappa shape index (κ3) is 2.73. The third-order valence-corrected chi connectivity index (χ3v) is 4.03. The van der Waals surface area contributed by atoms with Crippen molar-refractivity contribution in [2.24, 2.45) is 0 Å². The molecule has 1 nitrogen and oxygen atoms in total. The van der Waals surface area contributed by atoms with Gasteiger partial charge < -0.3 is 5.73 Å². The molecule has 0 unspecified atom stereocenters. The molecular weight excluding hydrogens is 229 g/mol. The predicted octanol–water partition coefficient (Wildman–Crippen LogP) is 3.76. The Balaban J connectivity index is 2.02. The monoisotopic (exact) mass is 239 g/mol. The molecular formula is C11H10FNS2. The van der Waals surface area contributed by atoms with Crippen LogP contribution in [0, 0.1) is 5.82 Å². The highest BCUT2D eigenvalue weighted by Crippen LogP contribution is 2.26. The molecule has 1 aromatic heterocycles. The second-order valence-corrected chi connectivity index (χ2v) is 5.13. The zero-order chi connectivity index (χ0) is 10.7. The van der Waals surface area contributed by atoms with Crippen molar-refractivity contribution in [2.75, 3.05) is 5.73 Å². The molecule has 0 bridgehead atoms. The van der Waals surface area contributed by atoms with E-state index in [1.54, 1.807) is 29.2 Å². The fourth-order valence-electron chi connectivity index (χ4n) is 1.15. The van der Waals surface area contributed by atoms with E-state index in [9.17, 15) is 4.39 Å². The van der Waals surface area contributed by atoms with E-state index < -0.39 is 0 Å². The molecule has 2 aromatic rings. The lowest BCUT2D eigenvalue weighted by molar-refractivity contribution is 0.629. The molecule has 15 heavy (non-hydrogen) atoms. The van der Waals surface area contributed by atoms with Gasteiger partial charge in [-0.25, -0.2) is 4.39 Å². The average molecular weight is 239 g/mol. The Hall–Kier alpha value is -1.00. The van der Waals surface area contributed by atoms with Crippen LogP contribution in [0.1, 0.15) is 4.88 Å². The van der Waals surface area contributed by atoms with Gasteiger partial charge in [0.25, 0.3) is 0 Å². The van der Waals surface area contributed by atoms with Gasteiger partial charge in [0, 0.05) is 15.5 Å². The van der Waals surface area contributed by atoms with Gasteiger partial charge in [-0.15, -0.1) is 23.1 Å². The molecule has 0 saturated carbocycles. The number of nitrogen functional groups attached to an aromatic ring is 1. The Morgan fingerprint density at radius 2 is 2.20 bits per heavy atom. The smallest absolute Gasteiger partial charge is 0.147 e. The summed E-state index contributed by atoms with van der Waals surface area (Å²) in [5, 5.41) is 2.04. The van der Waals surface area contributed by atoms with Crippen LogP contribution in [0.5, 0.6) is 0 Å². The number of hydrogen-bond donors (Lipinski definition) is 1. The van der Waals surface area contributed by atoms with Crippen LogP contribution in [0.25, 0.3) is 0 Å². The molecule has 2 N–H and O–H groups in total. The van der Waals surface area contributed by atoms with E-state index >= 15 is 0 Å². The standard InChI is InChI=1S/C11H10FNS2/c12-10-6-8(3-4-11(10)13)15-7-9-2-1-5-14-9/h1-6H,7,13H2. The molecule has 2 rings (SSSR count). The molecule has 0 aliphatic carbocycles. The highest BCUT2D eigenvalue weighted by molar-refractivity contribution is 7.98.